The second-order valence-electron chi connectivity index (χ2n) is 5.92. The highest BCUT2D eigenvalue weighted by Gasteiger charge is 2.41. The van der Waals surface area contributed by atoms with Gasteiger partial charge in [0.2, 0.25) is 5.91 Å². The molecular weight excluding hydrogens is 278 g/mol. The average molecular weight is 301 g/mol. The minimum Gasteiger partial charge on any atom is -0.481 e. The summed E-state index contributed by atoms with van der Waals surface area (Å²) in [6.45, 7) is 1.75. The lowest BCUT2D eigenvalue weighted by atomic mass is 9.70. The predicted octanol–water partition coefficient (Wildman–Crippen LogP) is 0.609. The van der Waals surface area contributed by atoms with E-state index in [9.17, 15) is 19.5 Å². The van der Waals surface area contributed by atoms with E-state index in [2.05, 4.69) is 12.2 Å². The summed E-state index contributed by atoms with van der Waals surface area (Å²) in [7, 11) is 0. The van der Waals surface area contributed by atoms with E-state index < -0.39 is 29.3 Å². The molecule has 1 fully saturated rings. The summed E-state index contributed by atoms with van der Waals surface area (Å²) in [6, 6.07) is -1.24. The predicted molar refractivity (Wildman–Crippen MR) is 73.6 cm³/mol. The van der Waals surface area contributed by atoms with Crippen molar-refractivity contribution in [3.05, 3.63) is 0 Å². The molecule has 0 aliphatic heterocycles. The molecule has 0 spiro atoms. The van der Waals surface area contributed by atoms with Crippen LogP contribution in [0.25, 0.3) is 0 Å². The molecular formula is C14H23NO6. The summed E-state index contributed by atoms with van der Waals surface area (Å²) in [5, 5.41) is 29.6. The van der Waals surface area contributed by atoms with Crippen molar-refractivity contribution in [1.82, 2.24) is 5.32 Å². The van der Waals surface area contributed by atoms with Crippen LogP contribution >= 0.6 is 0 Å². The van der Waals surface area contributed by atoms with Crippen LogP contribution in [0.3, 0.4) is 0 Å². The minimum absolute atomic E-state index is 0.172. The number of aliphatic hydroxyl groups is 1. The first-order chi connectivity index (χ1) is 9.80. The van der Waals surface area contributed by atoms with Gasteiger partial charge in [0, 0.05) is 6.42 Å². The zero-order valence-electron chi connectivity index (χ0n) is 12.2. The van der Waals surface area contributed by atoms with Gasteiger partial charge in [0.15, 0.2) is 0 Å². The van der Waals surface area contributed by atoms with Gasteiger partial charge < -0.3 is 20.6 Å². The monoisotopic (exact) mass is 301 g/mol. The first-order valence-electron chi connectivity index (χ1n) is 7.17. The Bertz CT molecular complexity index is 400. The lowest BCUT2D eigenvalue weighted by Crippen LogP contribution is -2.51. The van der Waals surface area contributed by atoms with Crippen LogP contribution in [0.5, 0.6) is 0 Å². The molecule has 21 heavy (non-hydrogen) atoms. The summed E-state index contributed by atoms with van der Waals surface area (Å²) >= 11 is 0. The highest BCUT2D eigenvalue weighted by molar-refractivity contribution is 5.87. The summed E-state index contributed by atoms with van der Waals surface area (Å²) in [6.07, 6.45) is 2.14. The van der Waals surface area contributed by atoms with Crippen LogP contribution in [0.15, 0.2) is 0 Å². The summed E-state index contributed by atoms with van der Waals surface area (Å²) in [5.74, 6) is -2.38. The van der Waals surface area contributed by atoms with E-state index in [-0.39, 0.29) is 19.4 Å². The Morgan fingerprint density at radius 3 is 2.24 bits per heavy atom. The number of nitrogens with one attached hydrogen (secondary N) is 1. The molecule has 0 aromatic rings. The maximum Gasteiger partial charge on any atom is 0.326 e. The molecule has 7 heteroatoms. The number of aliphatic hydroxyl groups excluding tert-OH is 1. The third-order valence-electron chi connectivity index (χ3n) is 4.27. The molecule has 0 heterocycles. The highest BCUT2D eigenvalue weighted by Crippen LogP contribution is 2.38. The first-order valence-corrected chi connectivity index (χ1v) is 7.17. The fraction of sp³-hybridized carbons (Fsp3) is 0.786. The van der Waals surface area contributed by atoms with Crippen LogP contribution in [0, 0.1) is 11.3 Å². The van der Waals surface area contributed by atoms with Gasteiger partial charge in [-0.2, -0.15) is 0 Å². The van der Waals surface area contributed by atoms with Gasteiger partial charge in [-0.25, -0.2) is 4.79 Å². The largest absolute Gasteiger partial charge is 0.481 e. The van der Waals surface area contributed by atoms with Crippen LogP contribution in [-0.2, 0) is 14.4 Å². The quantitative estimate of drug-likeness (QED) is 0.546. The van der Waals surface area contributed by atoms with Crippen molar-refractivity contribution in [1.29, 1.82) is 0 Å². The summed E-state index contributed by atoms with van der Waals surface area (Å²) in [5.41, 5.74) is -0.941. The second-order valence-corrected chi connectivity index (χ2v) is 5.92. The van der Waals surface area contributed by atoms with Gasteiger partial charge in [-0.1, -0.05) is 6.92 Å². The SMILES string of the molecule is CC1CCC(CO)(C(=O)N[C@@H](CCC(=O)O)C(=O)O)CC1. The van der Waals surface area contributed by atoms with Crippen LogP contribution < -0.4 is 5.32 Å². The van der Waals surface area contributed by atoms with Crippen molar-refractivity contribution in [2.45, 2.75) is 51.5 Å². The lowest BCUT2D eigenvalue weighted by Gasteiger charge is -2.37. The Balaban J connectivity index is 2.70. The topological polar surface area (TPSA) is 124 Å². The minimum atomic E-state index is -1.26. The molecule has 4 N–H and O–H groups in total. The Labute approximate surface area is 123 Å². The average Bonchev–Trinajstić information content (AvgIpc) is 2.43. The molecule has 1 atom stereocenters. The number of hydrogen-bond donors (Lipinski definition) is 4. The van der Waals surface area contributed by atoms with Crippen LogP contribution in [0.2, 0.25) is 0 Å². The zero-order chi connectivity index (χ0) is 16.0. The maximum absolute atomic E-state index is 12.3. The van der Waals surface area contributed by atoms with Gasteiger partial charge in [0.25, 0.3) is 0 Å². The highest BCUT2D eigenvalue weighted by atomic mass is 16.4. The fourth-order valence-electron chi connectivity index (χ4n) is 2.61. The van der Waals surface area contributed by atoms with E-state index in [0.29, 0.717) is 18.8 Å². The summed E-state index contributed by atoms with van der Waals surface area (Å²) < 4.78 is 0. The van der Waals surface area contributed by atoms with Crippen LogP contribution in [-0.4, -0.2) is 45.8 Å². The number of carboxylic acid groups (broad SMARTS) is 2. The number of carbonyl (C=O) groups is 3. The van der Waals surface area contributed by atoms with Crippen molar-refractivity contribution in [2.24, 2.45) is 11.3 Å². The van der Waals surface area contributed by atoms with Gasteiger partial charge in [0.1, 0.15) is 6.04 Å². The molecule has 0 aromatic heterocycles. The van der Waals surface area contributed by atoms with E-state index in [0.717, 1.165) is 12.8 Å². The Kier molecular flexibility index (Phi) is 6.14. The van der Waals surface area contributed by atoms with E-state index >= 15 is 0 Å². The first kappa shape index (κ1) is 17.4. The number of hydrogen-bond acceptors (Lipinski definition) is 4. The van der Waals surface area contributed by atoms with Crippen molar-refractivity contribution in [3.8, 4) is 0 Å². The van der Waals surface area contributed by atoms with Crippen molar-refractivity contribution >= 4 is 17.8 Å². The Morgan fingerprint density at radius 2 is 1.81 bits per heavy atom. The lowest BCUT2D eigenvalue weighted by molar-refractivity contribution is -0.147. The van der Waals surface area contributed by atoms with Gasteiger partial charge in [-0.05, 0) is 38.0 Å². The molecule has 1 aliphatic carbocycles. The molecule has 0 radical (unpaired) electrons. The molecule has 1 rings (SSSR count). The zero-order valence-corrected chi connectivity index (χ0v) is 12.2. The van der Waals surface area contributed by atoms with E-state index in [4.69, 9.17) is 10.2 Å². The normalized spacial score (nSPS) is 26.9. The molecule has 1 amide bonds. The van der Waals surface area contributed by atoms with Gasteiger partial charge >= 0.3 is 11.9 Å². The molecule has 120 valence electrons. The van der Waals surface area contributed by atoms with Gasteiger partial charge in [-0.15, -0.1) is 0 Å². The molecule has 0 bridgehead atoms. The molecule has 0 aromatic carbocycles. The number of amides is 1. The van der Waals surface area contributed by atoms with E-state index in [1.807, 2.05) is 0 Å². The molecule has 0 unspecified atom stereocenters. The van der Waals surface area contributed by atoms with Gasteiger partial charge in [0.05, 0.1) is 12.0 Å². The second kappa shape index (κ2) is 7.40. The third kappa shape index (κ3) is 4.70. The maximum atomic E-state index is 12.3. The fourth-order valence-corrected chi connectivity index (χ4v) is 2.61. The van der Waals surface area contributed by atoms with Crippen LogP contribution in [0.4, 0.5) is 0 Å². The van der Waals surface area contributed by atoms with Crippen molar-refractivity contribution in [3.63, 3.8) is 0 Å². The van der Waals surface area contributed by atoms with Crippen molar-refractivity contribution < 1.29 is 29.7 Å². The molecule has 1 aliphatic rings. The molecule has 1 saturated carbocycles. The standard InChI is InChI=1S/C14H23NO6/c1-9-4-6-14(8-16,7-5-9)13(21)15-10(12(19)20)2-3-11(17)18/h9-10,16H,2-8H2,1H3,(H,15,21)(H,17,18)(H,19,20)/t9?,10-,14?/m0/s1. The number of aliphatic carboxylic acids is 2. The molecule has 7 nitrogen and oxygen atoms in total. The third-order valence-corrected chi connectivity index (χ3v) is 4.27. The van der Waals surface area contributed by atoms with E-state index in [1.54, 1.807) is 0 Å². The Morgan fingerprint density at radius 1 is 1.24 bits per heavy atom. The Hall–Kier alpha value is -1.63. The number of carbonyl (C=O) groups excluding carboxylic acids is 1. The van der Waals surface area contributed by atoms with Crippen molar-refractivity contribution in [2.75, 3.05) is 6.61 Å². The van der Waals surface area contributed by atoms with E-state index in [1.165, 1.54) is 0 Å². The number of carboxylic acids is 2. The smallest absolute Gasteiger partial charge is 0.326 e. The number of rotatable bonds is 7. The molecule has 0 saturated heterocycles. The summed E-state index contributed by atoms with van der Waals surface area (Å²) in [4.78, 5) is 34.0. The van der Waals surface area contributed by atoms with Crippen LogP contribution in [0.1, 0.15) is 45.4 Å². The van der Waals surface area contributed by atoms with Gasteiger partial charge in [-0.3, -0.25) is 9.59 Å².